The molecule has 0 spiro atoms. The fourth-order valence-corrected chi connectivity index (χ4v) is 1.64. The van der Waals surface area contributed by atoms with Crippen LogP contribution in [0.5, 0.6) is 0 Å². The predicted octanol–water partition coefficient (Wildman–Crippen LogP) is 1.63. The molecule has 6 nitrogen and oxygen atoms in total. The van der Waals surface area contributed by atoms with E-state index in [-0.39, 0.29) is 11.6 Å². The van der Waals surface area contributed by atoms with Crippen LogP contribution in [0.1, 0.15) is 29.8 Å². The number of carbonyl (C=O) groups is 1. The van der Waals surface area contributed by atoms with Crippen LogP contribution in [0.15, 0.2) is 18.2 Å². The Morgan fingerprint density at radius 1 is 1.32 bits per heavy atom. The number of carbonyl (C=O) groups excluding carboxylic acids is 1. The van der Waals surface area contributed by atoms with Gasteiger partial charge in [-0.15, -0.1) is 0 Å². The third-order valence-corrected chi connectivity index (χ3v) is 2.50. The predicted molar refractivity (Wildman–Crippen MR) is 73.3 cm³/mol. The Bertz CT molecular complexity index is 472. The molecule has 0 aliphatic heterocycles. The number of rotatable bonds is 6. The third-order valence-electron chi connectivity index (χ3n) is 2.50. The number of amides is 1. The highest BCUT2D eigenvalue weighted by atomic mass is 16.6. The van der Waals surface area contributed by atoms with E-state index in [2.05, 4.69) is 10.6 Å². The van der Waals surface area contributed by atoms with E-state index >= 15 is 0 Å². The topological polar surface area (TPSA) is 84.3 Å². The second-order valence-electron chi connectivity index (χ2n) is 4.68. The molecule has 0 atom stereocenters. The summed E-state index contributed by atoms with van der Waals surface area (Å²) in [4.78, 5) is 22.1. The van der Waals surface area contributed by atoms with Crippen molar-refractivity contribution in [2.75, 3.05) is 13.1 Å². The SMILES string of the molecule is Cc1cc(C(=O)NCCNC(C)C)cc([N+](=O)[O-])c1. The molecule has 1 rings (SSSR count). The van der Waals surface area contributed by atoms with E-state index in [9.17, 15) is 14.9 Å². The number of nitro benzene ring substituents is 1. The first kappa shape index (κ1) is 15.1. The number of benzene rings is 1. The summed E-state index contributed by atoms with van der Waals surface area (Å²) < 4.78 is 0. The van der Waals surface area contributed by atoms with Crippen molar-refractivity contribution in [3.8, 4) is 0 Å². The third kappa shape index (κ3) is 5.05. The largest absolute Gasteiger partial charge is 0.351 e. The maximum atomic E-state index is 11.9. The Kier molecular flexibility index (Phi) is 5.44. The number of aryl methyl sites for hydroxylation is 1. The molecule has 0 saturated heterocycles. The highest BCUT2D eigenvalue weighted by molar-refractivity contribution is 5.95. The molecule has 0 radical (unpaired) electrons. The van der Waals surface area contributed by atoms with Crippen LogP contribution in [-0.2, 0) is 0 Å². The van der Waals surface area contributed by atoms with Gasteiger partial charge in [0.1, 0.15) is 0 Å². The lowest BCUT2D eigenvalue weighted by atomic mass is 10.1. The summed E-state index contributed by atoms with van der Waals surface area (Å²) in [7, 11) is 0. The van der Waals surface area contributed by atoms with Gasteiger partial charge >= 0.3 is 0 Å². The molecule has 0 aliphatic rings. The van der Waals surface area contributed by atoms with Gasteiger partial charge in [0.25, 0.3) is 11.6 Å². The molecule has 0 aliphatic carbocycles. The highest BCUT2D eigenvalue weighted by Crippen LogP contribution is 2.16. The van der Waals surface area contributed by atoms with Crippen LogP contribution >= 0.6 is 0 Å². The molecule has 0 fully saturated rings. The lowest BCUT2D eigenvalue weighted by molar-refractivity contribution is -0.384. The molecule has 19 heavy (non-hydrogen) atoms. The fourth-order valence-electron chi connectivity index (χ4n) is 1.64. The molecule has 2 N–H and O–H groups in total. The highest BCUT2D eigenvalue weighted by Gasteiger charge is 2.12. The molecule has 0 bridgehead atoms. The second-order valence-corrected chi connectivity index (χ2v) is 4.68. The van der Waals surface area contributed by atoms with Gasteiger partial charge < -0.3 is 10.6 Å². The summed E-state index contributed by atoms with van der Waals surface area (Å²) in [6.45, 7) is 6.91. The number of nitrogens with zero attached hydrogens (tertiary/aromatic N) is 1. The van der Waals surface area contributed by atoms with Gasteiger partial charge in [0.05, 0.1) is 4.92 Å². The van der Waals surface area contributed by atoms with Crippen molar-refractivity contribution in [1.29, 1.82) is 0 Å². The summed E-state index contributed by atoms with van der Waals surface area (Å²) in [5, 5.41) is 16.6. The molecule has 104 valence electrons. The zero-order chi connectivity index (χ0) is 14.4. The average Bonchev–Trinajstić information content (AvgIpc) is 2.33. The van der Waals surface area contributed by atoms with Crippen LogP contribution in [0.4, 0.5) is 5.69 Å². The summed E-state index contributed by atoms with van der Waals surface area (Å²) in [6.07, 6.45) is 0. The van der Waals surface area contributed by atoms with E-state index in [1.807, 2.05) is 13.8 Å². The zero-order valence-electron chi connectivity index (χ0n) is 11.4. The van der Waals surface area contributed by atoms with Crippen LogP contribution in [0.3, 0.4) is 0 Å². The molecule has 6 heteroatoms. The maximum Gasteiger partial charge on any atom is 0.270 e. The normalized spacial score (nSPS) is 10.5. The van der Waals surface area contributed by atoms with Gasteiger partial charge in [-0.3, -0.25) is 14.9 Å². The van der Waals surface area contributed by atoms with Crippen molar-refractivity contribution < 1.29 is 9.72 Å². The summed E-state index contributed by atoms with van der Waals surface area (Å²) in [6, 6.07) is 4.73. The van der Waals surface area contributed by atoms with Crippen LogP contribution in [0, 0.1) is 17.0 Å². The van der Waals surface area contributed by atoms with Crippen molar-refractivity contribution in [2.24, 2.45) is 0 Å². The van der Waals surface area contributed by atoms with Crippen molar-refractivity contribution in [1.82, 2.24) is 10.6 Å². The van der Waals surface area contributed by atoms with Crippen molar-refractivity contribution >= 4 is 11.6 Å². The van der Waals surface area contributed by atoms with E-state index < -0.39 is 4.92 Å². The van der Waals surface area contributed by atoms with Gasteiger partial charge in [-0.1, -0.05) is 13.8 Å². The molecule has 1 aromatic rings. The van der Waals surface area contributed by atoms with Gasteiger partial charge in [-0.2, -0.15) is 0 Å². The molecule has 0 aromatic heterocycles. The summed E-state index contributed by atoms with van der Waals surface area (Å²) in [5.74, 6) is -0.294. The standard InChI is InChI=1S/C13H19N3O3/c1-9(2)14-4-5-15-13(17)11-6-10(3)7-12(8-11)16(18)19/h6-9,14H,4-5H2,1-3H3,(H,15,17). The molecule has 0 unspecified atom stereocenters. The minimum atomic E-state index is -0.496. The van der Waals surface area contributed by atoms with Crippen molar-refractivity contribution in [3.63, 3.8) is 0 Å². The zero-order valence-corrected chi connectivity index (χ0v) is 11.4. The minimum absolute atomic E-state index is 0.0644. The number of nitro groups is 1. The minimum Gasteiger partial charge on any atom is -0.351 e. The summed E-state index contributed by atoms with van der Waals surface area (Å²) in [5.41, 5.74) is 0.946. The first-order valence-corrected chi connectivity index (χ1v) is 6.18. The Balaban J connectivity index is 2.64. The molecular formula is C13H19N3O3. The van der Waals surface area contributed by atoms with Gasteiger partial charge in [-0.05, 0) is 18.6 Å². The number of hydrogen-bond donors (Lipinski definition) is 2. The lowest BCUT2D eigenvalue weighted by Gasteiger charge is -2.09. The first-order chi connectivity index (χ1) is 8.90. The Morgan fingerprint density at radius 3 is 2.58 bits per heavy atom. The van der Waals surface area contributed by atoms with E-state index in [1.165, 1.54) is 12.1 Å². The van der Waals surface area contributed by atoms with Crippen molar-refractivity contribution in [2.45, 2.75) is 26.8 Å². The Labute approximate surface area is 112 Å². The van der Waals surface area contributed by atoms with E-state index in [4.69, 9.17) is 0 Å². The van der Waals surface area contributed by atoms with Crippen LogP contribution in [-0.4, -0.2) is 30.0 Å². The van der Waals surface area contributed by atoms with Gasteiger partial charge in [0.15, 0.2) is 0 Å². The Hall–Kier alpha value is -1.95. The van der Waals surface area contributed by atoms with Gasteiger partial charge in [-0.25, -0.2) is 0 Å². The second kappa shape index (κ2) is 6.84. The summed E-state index contributed by atoms with van der Waals surface area (Å²) >= 11 is 0. The van der Waals surface area contributed by atoms with E-state index in [0.717, 1.165) is 0 Å². The smallest absolute Gasteiger partial charge is 0.270 e. The van der Waals surface area contributed by atoms with E-state index in [1.54, 1.807) is 13.0 Å². The molecule has 1 amide bonds. The number of nitrogens with one attached hydrogen (secondary N) is 2. The fraction of sp³-hybridized carbons (Fsp3) is 0.462. The molecular weight excluding hydrogens is 246 g/mol. The molecule has 1 aromatic carbocycles. The molecule has 0 saturated carbocycles. The maximum absolute atomic E-state index is 11.9. The average molecular weight is 265 g/mol. The van der Waals surface area contributed by atoms with Crippen molar-refractivity contribution in [3.05, 3.63) is 39.4 Å². The van der Waals surface area contributed by atoms with Crippen LogP contribution in [0.25, 0.3) is 0 Å². The monoisotopic (exact) mass is 265 g/mol. The van der Waals surface area contributed by atoms with Gasteiger partial charge in [0.2, 0.25) is 0 Å². The van der Waals surface area contributed by atoms with Gasteiger partial charge in [0, 0.05) is 36.8 Å². The Morgan fingerprint density at radius 2 is 2.00 bits per heavy atom. The number of hydrogen-bond acceptors (Lipinski definition) is 4. The molecule has 0 heterocycles. The van der Waals surface area contributed by atoms with Crippen LogP contribution in [0.2, 0.25) is 0 Å². The first-order valence-electron chi connectivity index (χ1n) is 6.18. The van der Waals surface area contributed by atoms with Crippen LogP contribution < -0.4 is 10.6 Å². The quantitative estimate of drug-likeness (QED) is 0.465. The lowest BCUT2D eigenvalue weighted by Crippen LogP contribution is -2.34. The number of non-ortho nitro benzene ring substituents is 1. The van der Waals surface area contributed by atoms with E-state index in [0.29, 0.717) is 30.3 Å².